The molecular formula is C22H24N4O2. The molecule has 6 heteroatoms. The Morgan fingerprint density at radius 3 is 2.64 bits per heavy atom. The van der Waals surface area contributed by atoms with Crippen LogP contribution in [0.1, 0.15) is 16.8 Å². The van der Waals surface area contributed by atoms with E-state index in [-0.39, 0.29) is 12.0 Å². The van der Waals surface area contributed by atoms with Crippen LogP contribution in [0.15, 0.2) is 48.9 Å². The standard InChI is InChI=1S/C22H24N4O2/c1-25(2)17-6-4-15(5-7-17)20-12-23-13-21-19(20)10-16(11-24-21)22(27)26-9-8-18(14-26)28-3/h4-7,10-13,18H,8-9,14H2,1-3H3. The molecule has 1 amide bonds. The Hall–Kier alpha value is -2.99. The number of rotatable bonds is 4. The van der Waals surface area contributed by atoms with E-state index in [9.17, 15) is 4.79 Å². The van der Waals surface area contributed by atoms with Crippen molar-refractivity contribution >= 4 is 22.5 Å². The molecule has 2 aromatic heterocycles. The molecule has 0 aliphatic carbocycles. The van der Waals surface area contributed by atoms with E-state index in [1.54, 1.807) is 19.5 Å². The summed E-state index contributed by atoms with van der Waals surface area (Å²) in [5.74, 6) is -0.000307. The number of carbonyl (C=O) groups is 1. The third-order valence-corrected chi connectivity index (χ3v) is 5.32. The number of ether oxygens (including phenoxy) is 1. The fourth-order valence-corrected chi connectivity index (χ4v) is 3.62. The van der Waals surface area contributed by atoms with Gasteiger partial charge in [0.25, 0.3) is 5.91 Å². The quantitative estimate of drug-likeness (QED) is 0.700. The molecule has 28 heavy (non-hydrogen) atoms. The molecule has 0 radical (unpaired) electrons. The maximum Gasteiger partial charge on any atom is 0.255 e. The Kier molecular flexibility index (Phi) is 4.96. The molecule has 1 aromatic carbocycles. The maximum atomic E-state index is 12.9. The second kappa shape index (κ2) is 7.56. The summed E-state index contributed by atoms with van der Waals surface area (Å²) in [4.78, 5) is 25.7. The van der Waals surface area contributed by atoms with E-state index in [0.717, 1.165) is 34.1 Å². The highest BCUT2D eigenvalue weighted by Gasteiger charge is 2.27. The molecule has 0 spiro atoms. The van der Waals surface area contributed by atoms with Crippen molar-refractivity contribution in [2.75, 3.05) is 39.2 Å². The van der Waals surface area contributed by atoms with E-state index < -0.39 is 0 Å². The lowest BCUT2D eigenvalue weighted by Gasteiger charge is -2.17. The SMILES string of the molecule is COC1CCN(C(=O)c2cnc3cncc(-c4ccc(N(C)C)cc4)c3c2)C1. The van der Waals surface area contributed by atoms with Crippen LogP contribution in [0.3, 0.4) is 0 Å². The van der Waals surface area contributed by atoms with Crippen molar-refractivity contribution < 1.29 is 9.53 Å². The number of hydrogen-bond donors (Lipinski definition) is 0. The van der Waals surface area contributed by atoms with E-state index in [1.807, 2.05) is 31.3 Å². The molecule has 1 atom stereocenters. The zero-order valence-corrected chi connectivity index (χ0v) is 16.4. The van der Waals surface area contributed by atoms with Gasteiger partial charge in [0.2, 0.25) is 0 Å². The summed E-state index contributed by atoms with van der Waals surface area (Å²) in [6.45, 7) is 1.34. The smallest absolute Gasteiger partial charge is 0.255 e. The van der Waals surface area contributed by atoms with Gasteiger partial charge >= 0.3 is 0 Å². The Morgan fingerprint density at radius 1 is 1.18 bits per heavy atom. The number of carbonyl (C=O) groups excluding carboxylic acids is 1. The van der Waals surface area contributed by atoms with Gasteiger partial charge in [-0.1, -0.05) is 12.1 Å². The second-order valence-electron chi connectivity index (χ2n) is 7.32. The summed E-state index contributed by atoms with van der Waals surface area (Å²) < 4.78 is 5.38. The highest BCUT2D eigenvalue weighted by atomic mass is 16.5. The summed E-state index contributed by atoms with van der Waals surface area (Å²) >= 11 is 0. The van der Waals surface area contributed by atoms with Crippen LogP contribution in [0.25, 0.3) is 22.0 Å². The van der Waals surface area contributed by atoms with Gasteiger partial charge in [-0.25, -0.2) is 0 Å². The zero-order valence-electron chi connectivity index (χ0n) is 16.4. The number of hydrogen-bond acceptors (Lipinski definition) is 5. The van der Waals surface area contributed by atoms with Crippen LogP contribution < -0.4 is 4.90 Å². The molecule has 0 N–H and O–H groups in total. The van der Waals surface area contributed by atoms with E-state index in [4.69, 9.17) is 4.74 Å². The summed E-state index contributed by atoms with van der Waals surface area (Å²) in [5, 5.41) is 0.931. The van der Waals surface area contributed by atoms with Crippen molar-refractivity contribution in [1.29, 1.82) is 0 Å². The molecule has 1 unspecified atom stereocenters. The maximum absolute atomic E-state index is 12.9. The number of benzene rings is 1. The number of likely N-dealkylation sites (tertiary alicyclic amines) is 1. The number of fused-ring (bicyclic) bond motifs is 1. The second-order valence-corrected chi connectivity index (χ2v) is 7.32. The van der Waals surface area contributed by atoms with Crippen LogP contribution in [-0.4, -0.2) is 61.2 Å². The molecule has 1 saturated heterocycles. The number of aromatic nitrogens is 2. The highest BCUT2D eigenvalue weighted by Crippen LogP contribution is 2.29. The van der Waals surface area contributed by atoms with Gasteiger partial charge in [0, 0.05) is 63.3 Å². The zero-order chi connectivity index (χ0) is 19.7. The van der Waals surface area contributed by atoms with Gasteiger partial charge in [-0.05, 0) is 30.2 Å². The summed E-state index contributed by atoms with van der Waals surface area (Å²) in [6.07, 6.45) is 6.20. The number of amides is 1. The first kappa shape index (κ1) is 18.4. The molecule has 0 bridgehead atoms. The number of pyridine rings is 2. The van der Waals surface area contributed by atoms with Crippen LogP contribution >= 0.6 is 0 Å². The Labute approximate surface area is 164 Å². The van der Waals surface area contributed by atoms with Gasteiger partial charge in [-0.2, -0.15) is 0 Å². The average molecular weight is 376 g/mol. The van der Waals surface area contributed by atoms with Crippen molar-refractivity contribution in [3.05, 3.63) is 54.5 Å². The van der Waals surface area contributed by atoms with Gasteiger partial charge in [0.15, 0.2) is 0 Å². The van der Waals surface area contributed by atoms with E-state index in [1.165, 1.54) is 0 Å². The van der Waals surface area contributed by atoms with E-state index in [0.29, 0.717) is 18.7 Å². The van der Waals surface area contributed by atoms with Crippen molar-refractivity contribution in [2.24, 2.45) is 0 Å². The van der Waals surface area contributed by atoms with Crippen LogP contribution in [0.4, 0.5) is 5.69 Å². The first-order valence-corrected chi connectivity index (χ1v) is 9.40. The fourth-order valence-electron chi connectivity index (χ4n) is 3.62. The predicted octanol–water partition coefficient (Wildman–Crippen LogP) is 3.22. The van der Waals surface area contributed by atoms with Crippen LogP contribution in [-0.2, 0) is 4.74 Å². The van der Waals surface area contributed by atoms with Gasteiger partial charge in [-0.3, -0.25) is 14.8 Å². The average Bonchev–Trinajstić information content (AvgIpc) is 3.22. The lowest BCUT2D eigenvalue weighted by Crippen LogP contribution is -2.30. The van der Waals surface area contributed by atoms with Crippen molar-refractivity contribution in [3.63, 3.8) is 0 Å². The van der Waals surface area contributed by atoms with Crippen molar-refractivity contribution in [3.8, 4) is 11.1 Å². The molecule has 1 fully saturated rings. The van der Waals surface area contributed by atoms with Gasteiger partial charge in [0.05, 0.1) is 23.4 Å². The molecule has 6 nitrogen and oxygen atoms in total. The van der Waals surface area contributed by atoms with Crippen LogP contribution in [0.2, 0.25) is 0 Å². The number of anilines is 1. The highest BCUT2D eigenvalue weighted by molar-refractivity contribution is 6.01. The first-order valence-electron chi connectivity index (χ1n) is 9.40. The first-order chi connectivity index (χ1) is 13.6. The predicted molar refractivity (Wildman–Crippen MR) is 111 cm³/mol. The van der Waals surface area contributed by atoms with E-state index in [2.05, 4.69) is 39.1 Å². The van der Waals surface area contributed by atoms with Crippen molar-refractivity contribution in [1.82, 2.24) is 14.9 Å². The largest absolute Gasteiger partial charge is 0.380 e. The van der Waals surface area contributed by atoms with E-state index >= 15 is 0 Å². The summed E-state index contributed by atoms with van der Waals surface area (Å²) in [5.41, 5.74) is 4.54. The molecule has 4 rings (SSSR count). The number of nitrogens with zero attached hydrogens (tertiary/aromatic N) is 4. The van der Waals surface area contributed by atoms with Gasteiger partial charge in [-0.15, -0.1) is 0 Å². The number of methoxy groups -OCH3 is 1. The molecular weight excluding hydrogens is 352 g/mol. The van der Waals surface area contributed by atoms with Crippen molar-refractivity contribution in [2.45, 2.75) is 12.5 Å². The molecule has 0 saturated carbocycles. The fraction of sp³-hybridized carbons (Fsp3) is 0.318. The minimum absolute atomic E-state index is 0.000307. The Bertz CT molecular complexity index is 1000. The van der Waals surface area contributed by atoms with Gasteiger partial charge < -0.3 is 14.5 Å². The molecule has 1 aliphatic heterocycles. The lowest BCUT2D eigenvalue weighted by atomic mass is 10.0. The topological polar surface area (TPSA) is 58.6 Å². The molecule has 1 aliphatic rings. The minimum Gasteiger partial charge on any atom is -0.380 e. The summed E-state index contributed by atoms with van der Waals surface area (Å²) in [7, 11) is 5.72. The minimum atomic E-state index is -0.000307. The van der Waals surface area contributed by atoms with Gasteiger partial charge in [0.1, 0.15) is 0 Å². The molecule has 3 heterocycles. The van der Waals surface area contributed by atoms with Crippen LogP contribution in [0, 0.1) is 0 Å². The van der Waals surface area contributed by atoms with Crippen LogP contribution in [0.5, 0.6) is 0 Å². The Morgan fingerprint density at radius 2 is 1.96 bits per heavy atom. The lowest BCUT2D eigenvalue weighted by molar-refractivity contribution is 0.0724. The Balaban J connectivity index is 1.71. The third kappa shape index (κ3) is 3.43. The molecule has 3 aromatic rings. The molecule has 144 valence electrons. The third-order valence-electron chi connectivity index (χ3n) is 5.32. The summed E-state index contributed by atoms with van der Waals surface area (Å²) in [6, 6.07) is 10.2. The monoisotopic (exact) mass is 376 g/mol. The normalized spacial score (nSPS) is 16.5.